The van der Waals surface area contributed by atoms with E-state index in [9.17, 15) is 0 Å². The molecule has 1 aromatic heterocycles. The van der Waals surface area contributed by atoms with Crippen molar-refractivity contribution >= 4 is 29.4 Å². The molecule has 0 aliphatic heterocycles. The fourth-order valence-electron chi connectivity index (χ4n) is 2.22. The van der Waals surface area contributed by atoms with Crippen molar-refractivity contribution < 1.29 is 18.7 Å². The molecule has 1 heterocycles. The van der Waals surface area contributed by atoms with Gasteiger partial charge < -0.3 is 18.7 Å². The maximum absolute atomic E-state index is 6.14. The number of rotatable bonds is 7. The van der Waals surface area contributed by atoms with E-state index in [-0.39, 0.29) is 6.61 Å². The predicted molar refractivity (Wildman–Crippen MR) is 102 cm³/mol. The largest absolute Gasteiger partial charge is 0.493 e. The van der Waals surface area contributed by atoms with Gasteiger partial charge in [-0.1, -0.05) is 28.4 Å². The number of nitrogens with zero attached hydrogens (tertiary/aromatic N) is 3. The average Bonchev–Trinajstić information content (AvgIpc) is 3.14. The minimum Gasteiger partial charge on any atom is -0.493 e. The molecule has 0 unspecified atom stereocenters. The molecule has 0 radical (unpaired) electrons. The van der Waals surface area contributed by atoms with Crippen molar-refractivity contribution in [3.05, 3.63) is 57.9 Å². The number of halogens is 2. The van der Waals surface area contributed by atoms with E-state index in [1.807, 2.05) is 0 Å². The minimum atomic E-state index is 0.0259. The Kier molecular flexibility index (Phi) is 6.16. The molecule has 0 aliphatic carbocycles. The SMILES string of the molecule is COc1cc(/C=N\OCc2nnc(-c3ccc(Cl)cc3)o2)cc(Cl)c1OC. The molecule has 3 rings (SSSR count). The first-order chi connectivity index (χ1) is 13.1. The van der Waals surface area contributed by atoms with Crippen molar-refractivity contribution in [1.29, 1.82) is 0 Å². The predicted octanol–water partition coefficient (Wildman–Crippen LogP) is 4.61. The molecule has 3 aromatic rings. The van der Waals surface area contributed by atoms with E-state index < -0.39 is 0 Å². The lowest BCUT2D eigenvalue weighted by Crippen LogP contribution is -1.94. The number of hydrogen-bond donors (Lipinski definition) is 0. The summed E-state index contributed by atoms with van der Waals surface area (Å²) in [5, 5.41) is 12.8. The highest BCUT2D eigenvalue weighted by Gasteiger charge is 2.11. The van der Waals surface area contributed by atoms with Gasteiger partial charge in [0.1, 0.15) is 0 Å². The van der Waals surface area contributed by atoms with Gasteiger partial charge in [0.05, 0.1) is 25.5 Å². The van der Waals surface area contributed by atoms with Gasteiger partial charge in [0.2, 0.25) is 5.89 Å². The van der Waals surface area contributed by atoms with Crippen LogP contribution in [-0.2, 0) is 11.4 Å². The Balaban J connectivity index is 1.62. The number of methoxy groups -OCH3 is 2. The van der Waals surface area contributed by atoms with Crippen LogP contribution in [-0.4, -0.2) is 30.6 Å². The van der Waals surface area contributed by atoms with Crippen LogP contribution in [0.15, 0.2) is 46.0 Å². The van der Waals surface area contributed by atoms with Gasteiger partial charge in [-0.3, -0.25) is 0 Å². The molecule has 27 heavy (non-hydrogen) atoms. The van der Waals surface area contributed by atoms with E-state index in [2.05, 4.69) is 15.4 Å². The zero-order valence-electron chi connectivity index (χ0n) is 14.5. The highest BCUT2D eigenvalue weighted by Crippen LogP contribution is 2.35. The maximum atomic E-state index is 6.14. The molecule has 0 saturated heterocycles. The van der Waals surface area contributed by atoms with Crippen LogP contribution >= 0.6 is 23.2 Å². The Labute approximate surface area is 165 Å². The zero-order valence-corrected chi connectivity index (χ0v) is 16.0. The van der Waals surface area contributed by atoms with Crippen LogP contribution in [0.2, 0.25) is 10.0 Å². The van der Waals surface area contributed by atoms with Gasteiger partial charge in [0, 0.05) is 16.1 Å². The highest BCUT2D eigenvalue weighted by molar-refractivity contribution is 6.32. The zero-order chi connectivity index (χ0) is 19.2. The van der Waals surface area contributed by atoms with E-state index in [4.69, 9.17) is 41.9 Å². The number of benzene rings is 2. The average molecular weight is 408 g/mol. The van der Waals surface area contributed by atoms with Gasteiger partial charge >= 0.3 is 0 Å². The third-order valence-electron chi connectivity index (χ3n) is 3.48. The van der Waals surface area contributed by atoms with E-state index in [1.165, 1.54) is 20.4 Å². The molecule has 0 fully saturated rings. The lowest BCUT2D eigenvalue weighted by Gasteiger charge is -2.09. The Morgan fingerprint density at radius 2 is 1.85 bits per heavy atom. The fourth-order valence-corrected chi connectivity index (χ4v) is 2.65. The summed E-state index contributed by atoms with van der Waals surface area (Å²) in [5.74, 6) is 1.62. The summed E-state index contributed by atoms with van der Waals surface area (Å²) in [7, 11) is 3.04. The molecule has 0 bridgehead atoms. The van der Waals surface area contributed by atoms with E-state index >= 15 is 0 Å². The van der Waals surface area contributed by atoms with Gasteiger partial charge in [-0.05, 0) is 36.4 Å². The van der Waals surface area contributed by atoms with Crippen molar-refractivity contribution in [2.24, 2.45) is 5.16 Å². The normalized spacial score (nSPS) is 11.0. The third kappa shape index (κ3) is 4.69. The summed E-state index contributed by atoms with van der Waals surface area (Å²) in [4.78, 5) is 5.20. The second kappa shape index (κ2) is 8.75. The smallest absolute Gasteiger partial charge is 0.257 e. The molecule has 2 aromatic carbocycles. The number of ether oxygens (including phenoxy) is 2. The monoisotopic (exact) mass is 407 g/mol. The standard InChI is InChI=1S/C18H15Cl2N3O4/c1-24-15-8-11(7-14(20)17(15)25-2)9-21-26-10-16-22-23-18(27-16)12-3-5-13(19)6-4-12/h3-9H,10H2,1-2H3/b21-9-. The number of oxime groups is 1. The summed E-state index contributed by atoms with van der Waals surface area (Å²) < 4.78 is 15.9. The molecule has 9 heteroatoms. The Hall–Kier alpha value is -2.77. The summed E-state index contributed by atoms with van der Waals surface area (Å²) in [5.41, 5.74) is 1.45. The van der Waals surface area contributed by atoms with Crippen molar-refractivity contribution in [2.45, 2.75) is 6.61 Å². The summed E-state index contributed by atoms with van der Waals surface area (Å²) in [6.07, 6.45) is 1.49. The lowest BCUT2D eigenvalue weighted by atomic mass is 10.2. The van der Waals surface area contributed by atoms with Gasteiger partial charge in [-0.25, -0.2) is 0 Å². The second-order valence-electron chi connectivity index (χ2n) is 5.25. The number of aromatic nitrogens is 2. The molecular weight excluding hydrogens is 393 g/mol. The van der Waals surface area contributed by atoms with Gasteiger partial charge in [0.15, 0.2) is 18.1 Å². The Morgan fingerprint density at radius 1 is 1.07 bits per heavy atom. The van der Waals surface area contributed by atoms with Crippen molar-refractivity contribution in [1.82, 2.24) is 10.2 Å². The molecular formula is C18H15Cl2N3O4. The fraction of sp³-hybridized carbons (Fsp3) is 0.167. The van der Waals surface area contributed by atoms with Gasteiger partial charge in [0.25, 0.3) is 5.89 Å². The van der Waals surface area contributed by atoms with Crippen molar-refractivity contribution in [3.8, 4) is 23.0 Å². The molecule has 0 spiro atoms. The van der Waals surface area contributed by atoms with Crippen LogP contribution in [0, 0.1) is 0 Å². The van der Waals surface area contributed by atoms with Gasteiger partial charge in [-0.15, -0.1) is 10.2 Å². The van der Waals surface area contributed by atoms with Crippen LogP contribution in [0.25, 0.3) is 11.5 Å². The van der Waals surface area contributed by atoms with Crippen LogP contribution in [0.5, 0.6) is 11.5 Å². The summed E-state index contributed by atoms with van der Waals surface area (Å²) in [6, 6.07) is 10.5. The van der Waals surface area contributed by atoms with Crippen LogP contribution in [0.3, 0.4) is 0 Å². The van der Waals surface area contributed by atoms with Crippen LogP contribution in [0.4, 0.5) is 0 Å². The molecule has 7 nitrogen and oxygen atoms in total. The minimum absolute atomic E-state index is 0.0259. The molecule has 0 aliphatic rings. The number of hydrogen-bond acceptors (Lipinski definition) is 7. The van der Waals surface area contributed by atoms with Crippen LogP contribution < -0.4 is 9.47 Å². The third-order valence-corrected chi connectivity index (χ3v) is 4.01. The molecule has 140 valence electrons. The molecule has 0 amide bonds. The lowest BCUT2D eigenvalue weighted by molar-refractivity contribution is 0.112. The highest BCUT2D eigenvalue weighted by atomic mass is 35.5. The van der Waals surface area contributed by atoms with E-state index in [1.54, 1.807) is 36.4 Å². The topological polar surface area (TPSA) is 79.0 Å². The van der Waals surface area contributed by atoms with Gasteiger partial charge in [-0.2, -0.15) is 0 Å². The van der Waals surface area contributed by atoms with Crippen molar-refractivity contribution in [3.63, 3.8) is 0 Å². The van der Waals surface area contributed by atoms with Crippen LogP contribution in [0.1, 0.15) is 11.5 Å². The summed E-state index contributed by atoms with van der Waals surface area (Å²) >= 11 is 12.0. The first-order valence-corrected chi connectivity index (χ1v) is 8.51. The first kappa shape index (κ1) is 19.0. The molecule has 0 atom stereocenters. The second-order valence-corrected chi connectivity index (χ2v) is 6.10. The van der Waals surface area contributed by atoms with Crippen molar-refractivity contribution in [2.75, 3.05) is 14.2 Å². The maximum Gasteiger partial charge on any atom is 0.257 e. The summed E-state index contributed by atoms with van der Waals surface area (Å²) in [6.45, 7) is 0.0259. The first-order valence-electron chi connectivity index (χ1n) is 7.76. The Morgan fingerprint density at radius 3 is 2.56 bits per heavy atom. The Bertz CT molecular complexity index is 942. The molecule has 0 saturated carbocycles. The van der Waals surface area contributed by atoms with E-state index in [0.29, 0.717) is 38.9 Å². The quantitative estimate of drug-likeness (QED) is 0.420. The van der Waals surface area contributed by atoms with E-state index in [0.717, 1.165) is 5.56 Å². The molecule has 0 N–H and O–H groups in total.